The smallest absolute Gasteiger partial charge is 0.120 e. The van der Waals surface area contributed by atoms with E-state index in [0.717, 1.165) is 17.7 Å². The van der Waals surface area contributed by atoms with E-state index in [2.05, 4.69) is 27.4 Å². The highest BCUT2D eigenvalue weighted by molar-refractivity contribution is 5.48. The molecule has 1 rings (SSSR count). The van der Waals surface area contributed by atoms with Gasteiger partial charge in [0.1, 0.15) is 11.4 Å². The van der Waals surface area contributed by atoms with E-state index in [0.29, 0.717) is 0 Å². The second kappa shape index (κ2) is 7.25. The molecule has 0 atom stereocenters. The Morgan fingerprint density at radius 3 is 2.33 bits per heavy atom. The molecule has 0 heterocycles. The Balaban J connectivity index is 2.45. The number of hydrogen-bond donors (Lipinski definition) is 0. The molecule has 0 aromatic heterocycles. The summed E-state index contributed by atoms with van der Waals surface area (Å²) in [6.07, 6.45) is 8.11. The fourth-order valence-electron chi connectivity index (χ4n) is 2.02. The lowest BCUT2D eigenvalue weighted by Crippen LogP contribution is -2.27. The maximum Gasteiger partial charge on any atom is 0.120 e. The van der Waals surface area contributed by atoms with E-state index in [1.807, 2.05) is 30.3 Å². The largest absolute Gasteiger partial charge is 0.488 e. The second-order valence-corrected chi connectivity index (χ2v) is 5.45. The highest BCUT2D eigenvalue weighted by Gasteiger charge is 2.18. The van der Waals surface area contributed by atoms with Gasteiger partial charge in [0, 0.05) is 0 Å². The summed E-state index contributed by atoms with van der Waals surface area (Å²) < 4.78 is 6.05. The van der Waals surface area contributed by atoms with E-state index in [1.165, 1.54) is 25.7 Å². The molecule has 0 N–H and O–H groups in total. The third kappa shape index (κ3) is 5.39. The van der Waals surface area contributed by atoms with Crippen LogP contribution in [0.15, 0.2) is 30.8 Å². The van der Waals surface area contributed by atoms with Crippen molar-refractivity contribution in [3.63, 3.8) is 0 Å². The van der Waals surface area contributed by atoms with Crippen LogP contribution < -0.4 is 4.74 Å². The molecule has 0 saturated heterocycles. The summed E-state index contributed by atoms with van der Waals surface area (Å²) in [5, 5.41) is 0. The van der Waals surface area contributed by atoms with E-state index in [4.69, 9.17) is 4.74 Å². The van der Waals surface area contributed by atoms with Gasteiger partial charge >= 0.3 is 0 Å². The first-order valence-corrected chi connectivity index (χ1v) is 6.99. The van der Waals surface area contributed by atoms with Crippen LogP contribution in [0.2, 0.25) is 0 Å². The molecule has 0 radical (unpaired) electrons. The van der Waals surface area contributed by atoms with E-state index in [1.54, 1.807) is 0 Å². The Labute approximate surface area is 112 Å². The molecular formula is C17H26O. The Morgan fingerprint density at radius 2 is 1.78 bits per heavy atom. The van der Waals surface area contributed by atoms with Gasteiger partial charge < -0.3 is 4.74 Å². The molecule has 0 spiro atoms. The molecule has 18 heavy (non-hydrogen) atoms. The van der Waals surface area contributed by atoms with Crippen LogP contribution in [0, 0.1) is 0 Å². The third-order valence-electron chi connectivity index (χ3n) is 3.14. The molecule has 0 aliphatic heterocycles. The van der Waals surface area contributed by atoms with Crippen molar-refractivity contribution in [2.24, 2.45) is 0 Å². The standard InChI is InChI=1S/C17H26O/c1-5-7-8-9-14-17(3,4)18-16-12-10-15(6-2)11-13-16/h6,10-13H,2,5,7-9,14H2,1,3-4H3. The fourth-order valence-corrected chi connectivity index (χ4v) is 2.02. The molecule has 1 heteroatoms. The van der Waals surface area contributed by atoms with E-state index in [-0.39, 0.29) is 5.60 Å². The van der Waals surface area contributed by atoms with Crippen LogP contribution in [0.3, 0.4) is 0 Å². The molecule has 1 aromatic rings. The molecule has 0 aliphatic rings. The maximum atomic E-state index is 6.05. The van der Waals surface area contributed by atoms with Crippen molar-refractivity contribution < 1.29 is 4.74 Å². The van der Waals surface area contributed by atoms with Crippen LogP contribution in [-0.4, -0.2) is 5.60 Å². The highest BCUT2D eigenvalue weighted by atomic mass is 16.5. The summed E-state index contributed by atoms with van der Waals surface area (Å²) in [5.41, 5.74) is 1.05. The molecular weight excluding hydrogens is 220 g/mol. The summed E-state index contributed by atoms with van der Waals surface area (Å²) in [6.45, 7) is 10.3. The molecule has 100 valence electrons. The average molecular weight is 246 g/mol. The third-order valence-corrected chi connectivity index (χ3v) is 3.14. The summed E-state index contributed by atoms with van der Waals surface area (Å²) >= 11 is 0. The first kappa shape index (κ1) is 14.8. The average Bonchev–Trinajstić information content (AvgIpc) is 2.35. The Bertz CT molecular complexity index is 348. The van der Waals surface area contributed by atoms with Gasteiger partial charge in [0.25, 0.3) is 0 Å². The molecule has 0 unspecified atom stereocenters. The van der Waals surface area contributed by atoms with Gasteiger partial charge in [-0.15, -0.1) is 0 Å². The summed E-state index contributed by atoms with van der Waals surface area (Å²) in [7, 11) is 0. The van der Waals surface area contributed by atoms with Gasteiger partial charge in [0.15, 0.2) is 0 Å². The van der Waals surface area contributed by atoms with Crippen molar-refractivity contribution in [2.75, 3.05) is 0 Å². The summed E-state index contributed by atoms with van der Waals surface area (Å²) in [5.74, 6) is 0.945. The van der Waals surface area contributed by atoms with Gasteiger partial charge in [-0.05, 0) is 44.4 Å². The summed E-state index contributed by atoms with van der Waals surface area (Å²) in [6, 6.07) is 8.11. The first-order chi connectivity index (χ1) is 8.57. The van der Waals surface area contributed by atoms with Crippen LogP contribution in [0.4, 0.5) is 0 Å². The van der Waals surface area contributed by atoms with E-state index < -0.39 is 0 Å². The normalized spacial score (nSPS) is 11.3. The predicted molar refractivity (Wildman–Crippen MR) is 80.0 cm³/mol. The highest BCUT2D eigenvalue weighted by Crippen LogP contribution is 2.23. The lowest BCUT2D eigenvalue weighted by atomic mass is 10.00. The van der Waals surface area contributed by atoms with Crippen LogP contribution >= 0.6 is 0 Å². The Morgan fingerprint density at radius 1 is 1.11 bits per heavy atom. The second-order valence-electron chi connectivity index (χ2n) is 5.45. The van der Waals surface area contributed by atoms with Gasteiger partial charge in [-0.2, -0.15) is 0 Å². The zero-order valence-electron chi connectivity index (χ0n) is 12.0. The molecule has 0 aliphatic carbocycles. The predicted octanol–water partition coefficient (Wildman–Crippen LogP) is 5.46. The van der Waals surface area contributed by atoms with Gasteiger partial charge in [-0.3, -0.25) is 0 Å². The quantitative estimate of drug-likeness (QED) is 0.554. The molecule has 0 bridgehead atoms. The Kier molecular flexibility index (Phi) is 5.97. The maximum absolute atomic E-state index is 6.05. The van der Waals surface area contributed by atoms with Crippen molar-refractivity contribution in [2.45, 2.75) is 58.5 Å². The van der Waals surface area contributed by atoms with Crippen molar-refractivity contribution in [1.82, 2.24) is 0 Å². The lowest BCUT2D eigenvalue weighted by Gasteiger charge is -2.26. The van der Waals surface area contributed by atoms with Crippen molar-refractivity contribution in [3.05, 3.63) is 36.4 Å². The van der Waals surface area contributed by atoms with Crippen LogP contribution in [0.25, 0.3) is 6.08 Å². The van der Waals surface area contributed by atoms with Crippen LogP contribution in [0.1, 0.15) is 58.4 Å². The van der Waals surface area contributed by atoms with Gasteiger partial charge in [-0.25, -0.2) is 0 Å². The Hall–Kier alpha value is -1.24. The number of rotatable bonds is 8. The number of ether oxygens (including phenoxy) is 1. The summed E-state index contributed by atoms with van der Waals surface area (Å²) in [4.78, 5) is 0. The van der Waals surface area contributed by atoms with E-state index >= 15 is 0 Å². The fraction of sp³-hybridized carbons (Fsp3) is 0.529. The molecule has 0 saturated carbocycles. The minimum Gasteiger partial charge on any atom is -0.488 e. The lowest BCUT2D eigenvalue weighted by molar-refractivity contribution is 0.0961. The van der Waals surface area contributed by atoms with Crippen LogP contribution in [-0.2, 0) is 0 Å². The van der Waals surface area contributed by atoms with Gasteiger partial charge in [0.05, 0.1) is 0 Å². The number of benzene rings is 1. The SMILES string of the molecule is C=Cc1ccc(OC(C)(C)CCCCCC)cc1. The van der Waals surface area contributed by atoms with E-state index in [9.17, 15) is 0 Å². The van der Waals surface area contributed by atoms with Crippen molar-refractivity contribution in [1.29, 1.82) is 0 Å². The number of hydrogen-bond acceptors (Lipinski definition) is 1. The monoisotopic (exact) mass is 246 g/mol. The van der Waals surface area contributed by atoms with Crippen LogP contribution in [0.5, 0.6) is 5.75 Å². The zero-order chi connectivity index (χ0) is 13.4. The first-order valence-electron chi connectivity index (χ1n) is 6.99. The number of unbranched alkanes of at least 4 members (excludes halogenated alkanes) is 3. The molecule has 0 amide bonds. The van der Waals surface area contributed by atoms with Crippen molar-refractivity contribution in [3.8, 4) is 5.75 Å². The minimum absolute atomic E-state index is 0.0799. The van der Waals surface area contributed by atoms with Crippen molar-refractivity contribution >= 4 is 6.08 Å². The minimum atomic E-state index is -0.0799. The zero-order valence-corrected chi connectivity index (χ0v) is 12.0. The molecule has 0 fully saturated rings. The van der Waals surface area contributed by atoms with Gasteiger partial charge in [0.2, 0.25) is 0 Å². The molecule has 1 aromatic carbocycles. The molecule has 1 nitrogen and oxygen atoms in total. The van der Waals surface area contributed by atoms with Gasteiger partial charge in [-0.1, -0.05) is 51.0 Å². The topological polar surface area (TPSA) is 9.23 Å².